The highest BCUT2D eigenvalue weighted by atomic mass is 127. The van der Waals surface area contributed by atoms with Crippen molar-refractivity contribution in [3.63, 3.8) is 0 Å². The summed E-state index contributed by atoms with van der Waals surface area (Å²) < 4.78 is 0.991. The molecule has 0 aliphatic heterocycles. The van der Waals surface area contributed by atoms with Gasteiger partial charge in [0.2, 0.25) is 0 Å². The second kappa shape index (κ2) is 8.01. The van der Waals surface area contributed by atoms with Gasteiger partial charge in [-0.3, -0.25) is 0 Å². The van der Waals surface area contributed by atoms with E-state index in [0.717, 1.165) is 21.7 Å². The zero-order valence-electron chi connectivity index (χ0n) is 10.8. The summed E-state index contributed by atoms with van der Waals surface area (Å²) in [6.07, 6.45) is 15.2. The van der Waals surface area contributed by atoms with Crippen molar-refractivity contribution in [1.82, 2.24) is 0 Å². The highest BCUT2D eigenvalue weighted by Crippen LogP contribution is 2.41. The maximum absolute atomic E-state index is 2.65. The number of hydrogen-bond acceptors (Lipinski definition) is 0. The first-order valence-corrected chi connectivity index (χ1v) is 8.68. The third kappa shape index (κ3) is 4.72. The predicted molar refractivity (Wildman–Crippen MR) is 86.9 cm³/mol. The first-order valence-electron chi connectivity index (χ1n) is 7.43. The lowest BCUT2D eigenvalue weighted by molar-refractivity contribution is 0.166. The van der Waals surface area contributed by atoms with E-state index in [9.17, 15) is 0 Å². The van der Waals surface area contributed by atoms with Gasteiger partial charge in [0.25, 0.3) is 0 Å². The lowest BCUT2D eigenvalue weighted by atomic mass is 9.70. The first-order chi connectivity index (χ1) is 7.79. The van der Waals surface area contributed by atoms with E-state index in [2.05, 4.69) is 29.5 Å². The van der Waals surface area contributed by atoms with Crippen LogP contribution in [0.3, 0.4) is 0 Å². The zero-order valence-corrected chi connectivity index (χ0v) is 12.9. The smallest absolute Gasteiger partial charge is 0.0110 e. The summed E-state index contributed by atoms with van der Waals surface area (Å²) in [6, 6.07) is 0. The van der Waals surface area contributed by atoms with E-state index < -0.39 is 0 Å². The SMILES string of the molecule is C.CCC[C@H]1CC[C@H]([C@H]2CC[C@H](I)CC2)CC1. The van der Waals surface area contributed by atoms with Gasteiger partial charge in [-0.15, -0.1) is 0 Å². The molecule has 0 spiro atoms. The number of rotatable bonds is 3. The van der Waals surface area contributed by atoms with Gasteiger partial charge in [-0.05, 0) is 56.3 Å². The molecule has 0 aromatic heterocycles. The molecule has 0 heterocycles. The standard InChI is InChI=1S/C15H27I.CH4/c1-2-3-12-4-6-13(7-5-12)14-8-10-15(16)11-9-14;/h12-15H,2-11H2,1H3;1H4/t12-,13-,14-,15-;. The largest absolute Gasteiger partial charge is 0.0826 e. The summed E-state index contributed by atoms with van der Waals surface area (Å²) in [4.78, 5) is 0. The van der Waals surface area contributed by atoms with Crippen LogP contribution in [-0.2, 0) is 0 Å². The maximum atomic E-state index is 2.65. The van der Waals surface area contributed by atoms with Crippen LogP contribution in [0.5, 0.6) is 0 Å². The Kier molecular flexibility index (Phi) is 7.44. The molecule has 17 heavy (non-hydrogen) atoms. The molecule has 1 heteroatoms. The monoisotopic (exact) mass is 350 g/mol. The Balaban J connectivity index is 0.00000144. The van der Waals surface area contributed by atoms with Crippen LogP contribution in [0.4, 0.5) is 0 Å². The minimum Gasteiger partial charge on any atom is -0.0826 e. The summed E-state index contributed by atoms with van der Waals surface area (Å²) >= 11 is 2.65. The van der Waals surface area contributed by atoms with Crippen LogP contribution in [0, 0.1) is 17.8 Å². The van der Waals surface area contributed by atoms with Crippen LogP contribution in [0.2, 0.25) is 0 Å². The van der Waals surface area contributed by atoms with Crippen molar-refractivity contribution in [3.8, 4) is 0 Å². The van der Waals surface area contributed by atoms with Crippen molar-refractivity contribution < 1.29 is 0 Å². The van der Waals surface area contributed by atoms with Crippen molar-refractivity contribution in [3.05, 3.63) is 0 Å². The second-order valence-electron chi connectivity index (χ2n) is 6.08. The molecule has 102 valence electrons. The van der Waals surface area contributed by atoms with Crippen molar-refractivity contribution in [2.45, 2.75) is 82.5 Å². The van der Waals surface area contributed by atoms with Crippen molar-refractivity contribution in [2.75, 3.05) is 0 Å². The molecule has 0 saturated heterocycles. The van der Waals surface area contributed by atoms with Gasteiger partial charge in [-0.25, -0.2) is 0 Å². The molecule has 0 amide bonds. The summed E-state index contributed by atoms with van der Waals surface area (Å²) in [5.41, 5.74) is 0. The van der Waals surface area contributed by atoms with Crippen molar-refractivity contribution in [2.24, 2.45) is 17.8 Å². The molecule has 0 N–H and O–H groups in total. The second-order valence-corrected chi connectivity index (χ2v) is 7.84. The van der Waals surface area contributed by atoms with Gasteiger partial charge in [0.05, 0.1) is 0 Å². The highest BCUT2D eigenvalue weighted by molar-refractivity contribution is 14.1. The molecule has 2 rings (SSSR count). The molecular formula is C16H31I. The summed E-state index contributed by atoms with van der Waals surface area (Å²) in [6.45, 7) is 2.34. The van der Waals surface area contributed by atoms with Crippen molar-refractivity contribution >= 4 is 22.6 Å². The molecule has 0 nitrogen and oxygen atoms in total. The topological polar surface area (TPSA) is 0 Å². The molecule has 0 unspecified atom stereocenters. The van der Waals surface area contributed by atoms with Crippen LogP contribution in [-0.4, -0.2) is 3.92 Å². The van der Waals surface area contributed by atoms with E-state index >= 15 is 0 Å². The van der Waals surface area contributed by atoms with Gasteiger partial charge in [0, 0.05) is 3.92 Å². The predicted octanol–water partition coefficient (Wildman–Crippen LogP) is 6.22. The lowest BCUT2D eigenvalue weighted by Crippen LogP contribution is -2.25. The Morgan fingerprint density at radius 2 is 1.29 bits per heavy atom. The Hall–Kier alpha value is 0.730. The molecular weight excluding hydrogens is 319 g/mol. The summed E-state index contributed by atoms with van der Waals surface area (Å²) in [5.74, 6) is 3.30. The number of hydrogen-bond donors (Lipinski definition) is 0. The van der Waals surface area contributed by atoms with Crippen LogP contribution in [0.15, 0.2) is 0 Å². The zero-order chi connectivity index (χ0) is 11.4. The molecule has 2 aliphatic carbocycles. The van der Waals surface area contributed by atoms with Crippen LogP contribution in [0.1, 0.15) is 78.6 Å². The highest BCUT2D eigenvalue weighted by Gasteiger charge is 2.29. The van der Waals surface area contributed by atoms with Gasteiger partial charge in [-0.1, -0.05) is 62.6 Å². The Bertz CT molecular complexity index is 186. The molecule has 2 aliphatic rings. The fourth-order valence-corrected chi connectivity index (χ4v) is 4.63. The number of halogens is 1. The lowest BCUT2D eigenvalue weighted by Gasteiger charge is -2.37. The minimum atomic E-state index is 0. The molecule has 0 aromatic carbocycles. The van der Waals surface area contributed by atoms with E-state index in [1.807, 2.05) is 0 Å². The molecule has 0 atom stereocenters. The molecule has 2 saturated carbocycles. The normalized spacial score (nSPS) is 38.5. The summed E-state index contributed by atoms with van der Waals surface area (Å²) in [5, 5.41) is 0. The third-order valence-electron chi connectivity index (χ3n) is 4.96. The van der Waals surface area contributed by atoms with E-state index in [1.165, 1.54) is 38.5 Å². The molecule has 0 aromatic rings. The first kappa shape index (κ1) is 15.8. The Morgan fingerprint density at radius 1 is 0.824 bits per heavy atom. The Labute approximate surface area is 122 Å². The number of alkyl halides is 1. The average Bonchev–Trinajstić information content (AvgIpc) is 2.32. The van der Waals surface area contributed by atoms with Gasteiger partial charge >= 0.3 is 0 Å². The van der Waals surface area contributed by atoms with Gasteiger partial charge < -0.3 is 0 Å². The molecule has 2 fully saturated rings. The van der Waals surface area contributed by atoms with Crippen molar-refractivity contribution in [1.29, 1.82) is 0 Å². The van der Waals surface area contributed by atoms with E-state index in [0.29, 0.717) is 0 Å². The summed E-state index contributed by atoms with van der Waals surface area (Å²) in [7, 11) is 0. The molecule has 0 bridgehead atoms. The van der Waals surface area contributed by atoms with Gasteiger partial charge in [-0.2, -0.15) is 0 Å². The third-order valence-corrected chi connectivity index (χ3v) is 6.20. The molecule has 0 radical (unpaired) electrons. The van der Waals surface area contributed by atoms with Gasteiger partial charge in [0.1, 0.15) is 0 Å². The van der Waals surface area contributed by atoms with Crippen LogP contribution in [0.25, 0.3) is 0 Å². The fourth-order valence-electron chi connectivity index (χ4n) is 3.91. The van der Waals surface area contributed by atoms with E-state index in [1.54, 1.807) is 25.7 Å². The minimum absolute atomic E-state index is 0. The maximum Gasteiger partial charge on any atom is 0.0110 e. The Morgan fingerprint density at radius 3 is 1.76 bits per heavy atom. The fraction of sp³-hybridized carbons (Fsp3) is 1.00. The van der Waals surface area contributed by atoms with E-state index in [-0.39, 0.29) is 7.43 Å². The van der Waals surface area contributed by atoms with Crippen LogP contribution < -0.4 is 0 Å². The van der Waals surface area contributed by atoms with Gasteiger partial charge in [0.15, 0.2) is 0 Å². The average molecular weight is 350 g/mol. The quantitative estimate of drug-likeness (QED) is 0.418. The van der Waals surface area contributed by atoms with E-state index in [4.69, 9.17) is 0 Å². The van der Waals surface area contributed by atoms with Crippen LogP contribution >= 0.6 is 22.6 Å².